The molecule has 1 aliphatic rings. The molecule has 30 heavy (non-hydrogen) atoms. The van der Waals surface area contributed by atoms with Gasteiger partial charge in [-0.1, -0.05) is 17.8 Å². The highest BCUT2D eigenvalue weighted by Crippen LogP contribution is 2.26. The maximum atomic E-state index is 12.2. The lowest BCUT2D eigenvalue weighted by atomic mass is 9.92. The second-order valence-electron chi connectivity index (χ2n) is 7.20. The Morgan fingerprint density at radius 1 is 1.27 bits per heavy atom. The summed E-state index contributed by atoms with van der Waals surface area (Å²) in [6, 6.07) is 6.37. The van der Waals surface area contributed by atoms with Crippen LogP contribution in [-0.4, -0.2) is 31.4 Å². The minimum absolute atomic E-state index is 0.105. The van der Waals surface area contributed by atoms with Crippen molar-refractivity contribution in [2.24, 2.45) is 0 Å². The summed E-state index contributed by atoms with van der Waals surface area (Å²) in [5, 5.41) is 14.6. The number of aryl methyl sites for hydroxylation is 3. The van der Waals surface area contributed by atoms with Crippen LogP contribution in [0.2, 0.25) is 0 Å². The van der Waals surface area contributed by atoms with Crippen molar-refractivity contribution in [1.29, 1.82) is 0 Å². The van der Waals surface area contributed by atoms with Gasteiger partial charge in [-0.2, -0.15) is 0 Å². The van der Waals surface area contributed by atoms with E-state index in [1.165, 1.54) is 47.1 Å². The third-order valence-electron chi connectivity index (χ3n) is 5.00. The molecule has 0 aliphatic heterocycles. The SMILES string of the molecule is CCn1c(COc2ccc3c(c2)CCCC3)nnc1SCC(=O)Nc1nc(C)cs1. The predicted octanol–water partition coefficient (Wildman–Crippen LogP) is 4.25. The molecule has 0 fully saturated rings. The van der Waals surface area contributed by atoms with E-state index in [1.54, 1.807) is 0 Å². The van der Waals surface area contributed by atoms with Crippen LogP contribution in [0.4, 0.5) is 5.13 Å². The van der Waals surface area contributed by atoms with Gasteiger partial charge in [-0.05, 0) is 62.8 Å². The van der Waals surface area contributed by atoms with E-state index < -0.39 is 0 Å². The molecular weight excluding hydrogens is 418 g/mol. The molecule has 1 aromatic carbocycles. The maximum absolute atomic E-state index is 12.2. The van der Waals surface area contributed by atoms with Gasteiger partial charge in [-0.3, -0.25) is 4.79 Å². The number of rotatable bonds is 8. The number of benzene rings is 1. The number of hydrogen-bond donors (Lipinski definition) is 1. The zero-order valence-electron chi connectivity index (χ0n) is 17.2. The summed E-state index contributed by atoms with van der Waals surface area (Å²) in [6.07, 6.45) is 4.81. The molecule has 1 aliphatic carbocycles. The molecule has 0 atom stereocenters. The van der Waals surface area contributed by atoms with Gasteiger partial charge >= 0.3 is 0 Å². The van der Waals surface area contributed by atoms with Crippen molar-refractivity contribution >= 4 is 34.1 Å². The van der Waals surface area contributed by atoms with Crippen LogP contribution in [0.3, 0.4) is 0 Å². The summed E-state index contributed by atoms with van der Waals surface area (Å²) in [4.78, 5) is 16.4. The number of thiazole rings is 1. The summed E-state index contributed by atoms with van der Waals surface area (Å²) in [5.74, 6) is 1.77. The van der Waals surface area contributed by atoms with Crippen LogP contribution < -0.4 is 10.1 Å². The average molecular weight is 444 g/mol. The molecular formula is C21H25N5O2S2. The third kappa shape index (κ3) is 5.02. The molecule has 9 heteroatoms. The van der Waals surface area contributed by atoms with Crippen LogP contribution in [0.5, 0.6) is 5.75 Å². The smallest absolute Gasteiger partial charge is 0.236 e. The van der Waals surface area contributed by atoms with Gasteiger partial charge in [0.25, 0.3) is 0 Å². The van der Waals surface area contributed by atoms with Crippen molar-refractivity contribution in [1.82, 2.24) is 19.7 Å². The van der Waals surface area contributed by atoms with Crippen LogP contribution in [0.1, 0.15) is 42.4 Å². The van der Waals surface area contributed by atoms with Gasteiger partial charge in [0, 0.05) is 11.9 Å². The van der Waals surface area contributed by atoms with Gasteiger partial charge in [0.2, 0.25) is 5.91 Å². The molecule has 1 N–H and O–H groups in total. The number of thioether (sulfide) groups is 1. The average Bonchev–Trinajstić information content (AvgIpc) is 3.35. The Hall–Kier alpha value is -2.39. The first-order chi connectivity index (χ1) is 14.6. The Morgan fingerprint density at radius 3 is 2.87 bits per heavy atom. The Labute approximate surface area is 184 Å². The number of nitrogens with zero attached hydrogens (tertiary/aromatic N) is 4. The number of anilines is 1. The van der Waals surface area contributed by atoms with Gasteiger partial charge in [0.15, 0.2) is 16.1 Å². The number of nitrogens with one attached hydrogen (secondary N) is 1. The predicted molar refractivity (Wildman–Crippen MR) is 119 cm³/mol. The van der Waals surface area contributed by atoms with Crippen LogP contribution >= 0.6 is 23.1 Å². The number of carbonyl (C=O) groups is 1. The van der Waals surface area contributed by atoms with E-state index in [0.717, 1.165) is 30.1 Å². The molecule has 2 heterocycles. The molecule has 7 nitrogen and oxygen atoms in total. The minimum Gasteiger partial charge on any atom is -0.486 e. The Bertz CT molecular complexity index is 1030. The van der Waals surface area contributed by atoms with Crippen molar-refractivity contribution in [3.05, 3.63) is 46.2 Å². The summed E-state index contributed by atoms with van der Waals surface area (Å²) in [7, 11) is 0. The highest BCUT2D eigenvalue weighted by atomic mass is 32.2. The summed E-state index contributed by atoms with van der Waals surface area (Å²) in [6.45, 7) is 5.00. The fourth-order valence-electron chi connectivity index (χ4n) is 3.49. The standard InChI is InChI=1S/C21H25N5O2S2/c1-3-26-18(11-28-17-9-8-15-6-4-5-7-16(15)10-17)24-25-21(26)30-13-19(27)23-20-22-14(2)12-29-20/h8-10,12H,3-7,11,13H2,1-2H3,(H,22,23,27). The zero-order chi connectivity index (χ0) is 20.9. The van der Waals surface area contributed by atoms with E-state index in [-0.39, 0.29) is 11.7 Å². The molecule has 0 radical (unpaired) electrons. The van der Waals surface area contributed by atoms with Gasteiger partial charge in [-0.15, -0.1) is 21.5 Å². The van der Waals surface area contributed by atoms with Crippen molar-refractivity contribution in [3.8, 4) is 5.75 Å². The van der Waals surface area contributed by atoms with Crippen molar-refractivity contribution in [3.63, 3.8) is 0 Å². The van der Waals surface area contributed by atoms with Crippen molar-refractivity contribution in [2.45, 2.75) is 57.8 Å². The number of hydrogen-bond acceptors (Lipinski definition) is 7. The molecule has 1 amide bonds. The van der Waals surface area contributed by atoms with Crippen LogP contribution in [-0.2, 0) is 30.8 Å². The number of carbonyl (C=O) groups excluding carboxylic acids is 1. The summed E-state index contributed by atoms with van der Waals surface area (Å²) in [5.41, 5.74) is 3.74. The molecule has 4 rings (SSSR count). The van der Waals surface area contributed by atoms with Crippen molar-refractivity contribution < 1.29 is 9.53 Å². The van der Waals surface area contributed by atoms with Gasteiger partial charge in [0.05, 0.1) is 11.4 Å². The molecule has 0 bridgehead atoms. The van der Waals surface area contributed by atoms with Crippen LogP contribution in [0.25, 0.3) is 0 Å². The van der Waals surface area contributed by atoms with Crippen LogP contribution in [0.15, 0.2) is 28.7 Å². The molecule has 0 spiro atoms. The van der Waals surface area contributed by atoms with E-state index in [9.17, 15) is 4.79 Å². The molecule has 2 aromatic heterocycles. The first-order valence-electron chi connectivity index (χ1n) is 10.1. The lowest BCUT2D eigenvalue weighted by Crippen LogP contribution is -2.14. The first kappa shape index (κ1) is 20.9. The van der Waals surface area contributed by atoms with Gasteiger partial charge < -0.3 is 14.6 Å². The van der Waals surface area contributed by atoms with E-state index in [1.807, 2.05) is 29.9 Å². The Balaban J connectivity index is 1.34. The summed E-state index contributed by atoms with van der Waals surface area (Å²) < 4.78 is 7.99. The topological polar surface area (TPSA) is 81.9 Å². The monoisotopic (exact) mass is 443 g/mol. The van der Waals surface area contributed by atoms with E-state index >= 15 is 0 Å². The first-order valence-corrected chi connectivity index (χ1v) is 12.0. The zero-order valence-corrected chi connectivity index (χ0v) is 18.8. The molecule has 0 unspecified atom stereocenters. The highest BCUT2D eigenvalue weighted by Gasteiger charge is 2.15. The molecule has 158 valence electrons. The fourth-order valence-corrected chi connectivity index (χ4v) is 5.02. The molecule has 0 saturated heterocycles. The number of aromatic nitrogens is 4. The fraction of sp³-hybridized carbons (Fsp3) is 0.429. The Morgan fingerprint density at radius 2 is 2.10 bits per heavy atom. The lowest BCUT2D eigenvalue weighted by molar-refractivity contribution is -0.113. The normalized spacial score (nSPS) is 13.1. The second-order valence-corrected chi connectivity index (χ2v) is 9.00. The minimum atomic E-state index is -0.105. The van der Waals surface area contributed by atoms with Crippen molar-refractivity contribution in [2.75, 3.05) is 11.1 Å². The maximum Gasteiger partial charge on any atom is 0.236 e. The lowest BCUT2D eigenvalue weighted by Gasteiger charge is -2.16. The second kappa shape index (κ2) is 9.61. The van der Waals surface area contributed by atoms with Gasteiger partial charge in [-0.25, -0.2) is 4.98 Å². The van der Waals surface area contributed by atoms with E-state index in [4.69, 9.17) is 4.74 Å². The molecule has 3 aromatic rings. The van der Waals surface area contributed by atoms with Gasteiger partial charge in [0.1, 0.15) is 12.4 Å². The van der Waals surface area contributed by atoms with E-state index in [2.05, 4.69) is 32.6 Å². The largest absolute Gasteiger partial charge is 0.486 e. The highest BCUT2D eigenvalue weighted by molar-refractivity contribution is 7.99. The summed E-state index contributed by atoms with van der Waals surface area (Å²) >= 11 is 2.79. The Kier molecular flexibility index (Phi) is 6.69. The van der Waals surface area contributed by atoms with Crippen LogP contribution in [0, 0.1) is 6.92 Å². The number of ether oxygens (including phenoxy) is 1. The quantitative estimate of drug-likeness (QED) is 0.524. The number of amides is 1. The number of fused-ring (bicyclic) bond motifs is 1. The van der Waals surface area contributed by atoms with E-state index in [0.29, 0.717) is 23.4 Å². The molecule has 0 saturated carbocycles. The third-order valence-corrected chi connectivity index (χ3v) is 6.84.